The quantitative estimate of drug-likeness (QED) is 0.524. The molecular weight excluding hydrogens is 260 g/mol. The first-order valence-electron chi connectivity index (χ1n) is 7.94. The topological polar surface area (TPSA) is 21.8 Å². The van der Waals surface area contributed by atoms with E-state index >= 15 is 0 Å². The highest BCUT2D eigenvalue weighted by Gasteiger charge is 2.59. The Morgan fingerprint density at radius 2 is 1.81 bits per heavy atom. The molecule has 0 N–H and O–H groups in total. The Balaban J connectivity index is 1.73. The zero-order chi connectivity index (χ0) is 15.5. The van der Waals surface area contributed by atoms with E-state index in [1.54, 1.807) is 0 Å². The van der Waals surface area contributed by atoms with Gasteiger partial charge in [-0.05, 0) is 70.7 Å². The van der Waals surface area contributed by atoms with Gasteiger partial charge in [0.25, 0.3) is 0 Å². The van der Waals surface area contributed by atoms with Crippen molar-refractivity contribution in [3.63, 3.8) is 0 Å². The van der Waals surface area contributed by atoms with Crippen LogP contribution in [-0.2, 0) is 11.2 Å². The van der Waals surface area contributed by atoms with Crippen LogP contribution in [0.5, 0.6) is 5.75 Å². The van der Waals surface area contributed by atoms with Crippen LogP contribution in [0.2, 0.25) is 0 Å². The predicted octanol–water partition coefficient (Wildman–Crippen LogP) is 4.92. The SMILES string of the molecule is CCc1ccc(OCC=C(C)CCC2(C)OC2(C)C)cc1. The molecule has 116 valence electrons. The third kappa shape index (κ3) is 4.10. The number of allylic oxidation sites excluding steroid dienone is 1. The molecule has 2 heteroatoms. The van der Waals surface area contributed by atoms with Crippen LogP contribution in [0.3, 0.4) is 0 Å². The van der Waals surface area contributed by atoms with Gasteiger partial charge in [-0.1, -0.05) is 24.6 Å². The van der Waals surface area contributed by atoms with E-state index in [2.05, 4.69) is 52.8 Å². The molecular formula is C19H28O2. The number of epoxide rings is 1. The molecule has 1 unspecified atom stereocenters. The van der Waals surface area contributed by atoms with Crippen molar-refractivity contribution >= 4 is 0 Å². The van der Waals surface area contributed by atoms with Crippen LogP contribution >= 0.6 is 0 Å². The Morgan fingerprint density at radius 3 is 2.33 bits per heavy atom. The van der Waals surface area contributed by atoms with E-state index in [-0.39, 0.29) is 11.2 Å². The second-order valence-electron chi connectivity index (χ2n) is 6.70. The molecule has 2 rings (SSSR count). The third-order valence-electron chi connectivity index (χ3n) is 4.72. The first kappa shape index (κ1) is 16.1. The van der Waals surface area contributed by atoms with Crippen molar-refractivity contribution in [2.45, 2.75) is 65.1 Å². The lowest BCUT2D eigenvalue weighted by Crippen LogP contribution is -2.16. The van der Waals surface area contributed by atoms with Crippen molar-refractivity contribution in [3.8, 4) is 5.75 Å². The fourth-order valence-electron chi connectivity index (χ4n) is 2.53. The average molecular weight is 288 g/mol. The first-order chi connectivity index (χ1) is 9.86. The summed E-state index contributed by atoms with van der Waals surface area (Å²) in [5, 5.41) is 0. The summed E-state index contributed by atoms with van der Waals surface area (Å²) < 4.78 is 11.5. The second-order valence-corrected chi connectivity index (χ2v) is 6.70. The minimum absolute atomic E-state index is 0.0464. The molecule has 0 amide bonds. The lowest BCUT2D eigenvalue weighted by Gasteiger charge is -2.09. The van der Waals surface area contributed by atoms with Crippen molar-refractivity contribution in [1.29, 1.82) is 0 Å². The van der Waals surface area contributed by atoms with Gasteiger partial charge in [-0.3, -0.25) is 0 Å². The summed E-state index contributed by atoms with van der Waals surface area (Å²) in [6, 6.07) is 8.34. The Kier molecular flexibility index (Phi) is 4.77. The molecule has 1 aromatic rings. The van der Waals surface area contributed by atoms with Crippen LogP contribution in [-0.4, -0.2) is 17.8 Å². The van der Waals surface area contributed by atoms with Gasteiger partial charge in [0, 0.05) is 0 Å². The van der Waals surface area contributed by atoms with E-state index in [4.69, 9.17) is 9.47 Å². The van der Waals surface area contributed by atoms with Gasteiger partial charge in [-0.2, -0.15) is 0 Å². The minimum Gasteiger partial charge on any atom is -0.490 e. The number of rotatable bonds is 7. The van der Waals surface area contributed by atoms with Crippen LogP contribution in [0.15, 0.2) is 35.9 Å². The van der Waals surface area contributed by atoms with E-state index in [9.17, 15) is 0 Å². The van der Waals surface area contributed by atoms with Crippen molar-refractivity contribution in [2.75, 3.05) is 6.61 Å². The van der Waals surface area contributed by atoms with Crippen LogP contribution < -0.4 is 4.74 Å². The fourth-order valence-corrected chi connectivity index (χ4v) is 2.53. The van der Waals surface area contributed by atoms with Gasteiger partial charge in [-0.15, -0.1) is 0 Å². The molecule has 0 radical (unpaired) electrons. The maximum atomic E-state index is 5.78. The number of hydrogen-bond acceptors (Lipinski definition) is 2. The van der Waals surface area contributed by atoms with E-state index in [0.717, 1.165) is 25.0 Å². The summed E-state index contributed by atoms with van der Waals surface area (Å²) in [5.41, 5.74) is 2.81. The summed E-state index contributed by atoms with van der Waals surface area (Å²) in [5.74, 6) is 0.940. The molecule has 1 atom stereocenters. The fraction of sp³-hybridized carbons (Fsp3) is 0.579. The molecule has 1 fully saturated rings. The lowest BCUT2D eigenvalue weighted by molar-refractivity contribution is 0.277. The smallest absolute Gasteiger partial charge is 0.119 e. The standard InChI is InChI=1S/C19H28O2/c1-6-16-7-9-17(10-8-16)20-14-12-15(2)11-13-19(5)18(3,4)21-19/h7-10,12H,6,11,13-14H2,1-5H3. The molecule has 0 spiro atoms. The normalized spacial score (nSPS) is 24.0. The molecule has 1 aromatic carbocycles. The molecule has 0 aliphatic carbocycles. The van der Waals surface area contributed by atoms with E-state index in [1.807, 2.05) is 12.1 Å². The van der Waals surface area contributed by atoms with Crippen molar-refractivity contribution in [2.24, 2.45) is 0 Å². The van der Waals surface area contributed by atoms with Gasteiger partial charge in [0.05, 0.1) is 11.2 Å². The van der Waals surface area contributed by atoms with Crippen LogP contribution in [0, 0.1) is 0 Å². The molecule has 1 aliphatic rings. The molecule has 0 bridgehead atoms. The number of hydrogen-bond donors (Lipinski definition) is 0. The lowest BCUT2D eigenvalue weighted by atomic mass is 9.91. The monoisotopic (exact) mass is 288 g/mol. The van der Waals surface area contributed by atoms with Crippen LogP contribution in [0.4, 0.5) is 0 Å². The Bertz CT molecular complexity index is 499. The summed E-state index contributed by atoms with van der Waals surface area (Å²) in [6.07, 6.45) is 5.38. The highest BCUT2D eigenvalue weighted by atomic mass is 16.6. The van der Waals surface area contributed by atoms with Gasteiger partial charge >= 0.3 is 0 Å². The molecule has 1 saturated heterocycles. The van der Waals surface area contributed by atoms with Gasteiger partial charge in [0.15, 0.2) is 0 Å². The third-order valence-corrected chi connectivity index (χ3v) is 4.72. The predicted molar refractivity (Wildman–Crippen MR) is 87.9 cm³/mol. The first-order valence-corrected chi connectivity index (χ1v) is 7.94. The summed E-state index contributed by atoms with van der Waals surface area (Å²) >= 11 is 0. The molecule has 0 saturated carbocycles. The Hall–Kier alpha value is -1.28. The van der Waals surface area contributed by atoms with Gasteiger partial charge in [-0.25, -0.2) is 0 Å². The zero-order valence-corrected chi connectivity index (χ0v) is 14.0. The summed E-state index contributed by atoms with van der Waals surface area (Å²) in [6.45, 7) is 11.5. The van der Waals surface area contributed by atoms with Crippen LogP contribution in [0.1, 0.15) is 53.0 Å². The number of ether oxygens (including phenoxy) is 2. The molecule has 1 aliphatic heterocycles. The molecule has 21 heavy (non-hydrogen) atoms. The van der Waals surface area contributed by atoms with Crippen molar-refractivity contribution in [3.05, 3.63) is 41.5 Å². The van der Waals surface area contributed by atoms with Gasteiger partial charge < -0.3 is 9.47 Å². The molecule has 0 aromatic heterocycles. The Labute approximate surface area is 129 Å². The van der Waals surface area contributed by atoms with Crippen molar-refractivity contribution in [1.82, 2.24) is 0 Å². The van der Waals surface area contributed by atoms with E-state index < -0.39 is 0 Å². The highest BCUT2D eigenvalue weighted by molar-refractivity contribution is 5.27. The summed E-state index contributed by atoms with van der Waals surface area (Å²) in [4.78, 5) is 0. The molecule has 1 heterocycles. The maximum absolute atomic E-state index is 5.78. The average Bonchev–Trinajstić information content (AvgIpc) is 2.96. The van der Waals surface area contributed by atoms with Crippen LogP contribution in [0.25, 0.3) is 0 Å². The minimum atomic E-state index is 0.0464. The molecule has 2 nitrogen and oxygen atoms in total. The number of aryl methyl sites for hydroxylation is 1. The Morgan fingerprint density at radius 1 is 1.19 bits per heavy atom. The zero-order valence-electron chi connectivity index (χ0n) is 14.0. The second kappa shape index (κ2) is 6.23. The van der Waals surface area contributed by atoms with Gasteiger partial charge in [0.1, 0.15) is 12.4 Å². The van der Waals surface area contributed by atoms with Crippen molar-refractivity contribution < 1.29 is 9.47 Å². The number of benzene rings is 1. The largest absolute Gasteiger partial charge is 0.490 e. The summed E-state index contributed by atoms with van der Waals surface area (Å²) in [7, 11) is 0. The highest BCUT2D eigenvalue weighted by Crippen LogP contribution is 2.50. The van der Waals surface area contributed by atoms with Gasteiger partial charge in [0.2, 0.25) is 0 Å². The maximum Gasteiger partial charge on any atom is 0.119 e. The van der Waals surface area contributed by atoms with E-state index in [0.29, 0.717) is 6.61 Å². The van der Waals surface area contributed by atoms with E-state index in [1.165, 1.54) is 11.1 Å².